The lowest BCUT2D eigenvalue weighted by Gasteiger charge is -2.23. The summed E-state index contributed by atoms with van der Waals surface area (Å²) in [5.74, 6) is -0.113. The quantitative estimate of drug-likeness (QED) is 0.691. The lowest BCUT2D eigenvalue weighted by Crippen LogP contribution is -2.48. The Bertz CT molecular complexity index is 353. The van der Waals surface area contributed by atoms with Gasteiger partial charge in [-0.05, 0) is 66.0 Å². The van der Waals surface area contributed by atoms with Gasteiger partial charge in [-0.25, -0.2) is 4.79 Å². The van der Waals surface area contributed by atoms with Crippen LogP contribution < -0.4 is 16.0 Å². The average molecular weight is 313 g/mol. The van der Waals surface area contributed by atoms with Crippen molar-refractivity contribution in [3.8, 4) is 0 Å². The van der Waals surface area contributed by atoms with Gasteiger partial charge in [-0.2, -0.15) is 0 Å². The molecule has 1 atom stereocenters. The molecular weight excluding hydrogens is 282 g/mol. The molecule has 6 heteroatoms. The standard InChI is InChI=1S/C16H31N3O3/c1-16(2,3)22-15(21)19-13-9-5-8-11-17-10-6-4-7-12-18-14(13)20/h13,17H,4-12H2,1-3H3,(H,18,20)(H,19,21)/t13-/m0/s1. The molecule has 1 aliphatic heterocycles. The highest BCUT2D eigenvalue weighted by atomic mass is 16.6. The van der Waals surface area contributed by atoms with Crippen LogP contribution in [0.4, 0.5) is 4.79 Å². The summed E-state index contributed by atoms with van der Waals surface area (Å²) < 4.78 is 5.24. The van der Waals surface area contributed by atoms with E-state index in [4.69, 9.17) is 4.74 Å². The van der Waals surface area contributed by atoms with Crippen LogP contribution in [-0.2, 0) is 9.53 Å². The Kier molecular flexibility index (Phi) is 8.24. The first-order valence-corrected chi connectivity index (χ1v) is 8.36. The monoisotopic (exact) mass is 313 g/mol. The second-order valence-electron chi connectivity index (χ2n) is 6.80. The molecule has 1 fully saturated rings. The summed E-state index contributed by atoms with van der Waals surface area (Å²) in [6.07, 6.45) is 5.18. The first kappa shape index (κ1) is 18.7. The smallest absolute Gasteiger partial charge is 0.408 e. The fourth-order valence-electron chi connectivity index (χ4n) is 2.33. The normalized spacial score (nSPS) is 22.5. The lowest BCUT2D eigenvalue weighted by molar-refractivity contribution is -0.123. The van der Waals surface area contributed by atoms with Crippen LogP contribution in [0.1, 0.15) is 59.3 Å². The molecule has 0 radical (unpaired) electrons. The van der Waals surface area contributed by atoms with Gasteiger partial charge in [0.15, 0.2) is 0 Å². The highest BCUT2D eigenvalue weighted by Crippen LogP contribution is 2.08. The van der Waals surface area contributed by atoms with Crippen molar-refractivity contribution in [2.24, 2.45) is 0 Å². The van der Waals surface area contributed by atoms with E-state index < -0.39 is 17.7 Å². The number of alkyl carbamates (subject to hydrolysis) is 1. The number of ether oxygens (including phenoxy) is 1. The number of hydrogen-bond acceptors (Lipinski definition) is 4. The summed E-state index contributed by atoms with van der Waals surface area (Å²) in [5, 5.41) is 9.01. The van der Waals surface area contributed by atoms with Gasteiger partial charge in [0.25, 0.3) is 0 Å². The number of rotatable bonds is 1. The predicted octanol–water partition coefficient (Wildman–Crippen LogP) is 1.94. The highest BCUT2D eigenvalue weighted by Gasteiger charge is 2.23. The van der Waals surface area contributed by atoms with E-state index in [0.717, 1.165) is 45.2 Å². The second kappa shape index (κ2) is 9.66. The largest absolute Gasteiger partial charge is 0.444 e. The minimum atomic E-state index is -0.562. The number of carbonyl (C=O) groups excluding carboxylic acids is 2. The van der Waals surface area contributed by atoms with Crippen molar-refractivity contribution in [2.45, 2.75) is 70.9 Å². The van der Waals surface area contributed by atoms with Gasteiger partial charge >= 0.3 is 6.09 Å². The van der Waals surface area contributed by atoms with Gasteiger partial charge in [0, 0.05) is 6.54 Å². The van der Waals surface area contributed by atoms with E-state index in [1.807, 2.05) is 20.8 Å². The molecule has 1 aliphatic rings. The number of hydrogen-bond donors (Lipinski definition) is 3. The minimum absolute atomic E-state index is 0.113. The summed E-state index contributed by atoms with van der Waals surface area (Å²) >= 11 is 0. The maximum atomic E-state index is 12.2. The van der Waals surface area contributed by atoms with Crippen LogP contribution in [0.15, 0.2) is 0 Å². The zero-order chi connectivity index (χ0) is 16.4. The third kappa shape index (κ3) is 8.87. The lowest BCUT2D eigenvalue weighted by atomic mass is 10.1. The molecule has 0 aliphatic carbocycles. The topological polar surface area (TPSA) is 79.5 Å². The van der Waals surface area contributed by atoms with Crippen molar-refractivity contribution < 1.29 is 14.3 Å². The molecule has 6 nitrogen and oxygen atoms in total. The second-order valence-corrected chi connectivity index (χ2v) is 6.80. The molecule has 1 saturated heterocycles. The molecule has 0 saturated carbocycles. The minimum Gasteiger partial charge on any atom is -0.444 e. The van der Waals surface area contributed by atoms with E-state index in [1.165, 1.54) is 0 Å². The molecule has 0 unspecified atom stereocenters. The van der Waals surface area contributed by atoms with Crippen molar-refractivity contribution in [2.75, 3.05) is 19.6 Å². The molecule has 2 amide bonds. The van der Waals surface area contributed by atoms with Crippen LogP contribution in [-0.4, -0.2) is 43.3 Å². The summed E-state index contributed by atoms with van der Waals surface area (Å²) in [6.45, 7) is 8.08. The summed E-state index contributed by atoms with van der Waals surface area (Å²) in [7, 11) is 0. The molecule has 0 aromatic rings. The van der Waals surface area contributed by atoms with E-state index in [9.17, 15) is 9.59 Å². The van der Waals surface area contributed by atoms with Crippen molar-refractivity contribution in [1.82, 2.24) is 16.0 Å². The Morgan fingerprint density at radius 3 is 2.41 bits per heavy atom. The fourth-order valence-corrected chi connectivity index (χ4v) is 2.33. The van der Waals surface area contributed by atoms with Gasteiger partial charge in [-0.15, -0.1) is 0 Å². The van der Waals surface area contributed by atoms with Crippen LogP contribution >= 0.6 is 0 Å². The van der Waals surface area contributed by atoms with Crippen LogP contribution in [0.3, 0.4) is 0 Å². The Labute approximate surface area is 133 Å². The van der Waals surface area contributed by atoms with Gasteiger partial charge in [0.05, 0.1) is 0 Å². The van der Waals surface area contributed by atoms with Gasteiger partial charge in [-0.1, -0.05) is 6.42 Å². The Morgan fingerprint density at radius 2 is 1.73 bits per heavy atom. The maximum absolute atomic E-state index is 12.2. The molecule has 0 spiro atoms. The molecule has 0 aromatic carbocycles. The highest BCUT2D eigenvalue weighted by molar-refractivity contribution is 5.85. The van der Waals surface area contributed by atoms with Gasteiger partial charge < -0.3 is 20.7 Å². The third-order valence-electron chi connectivity index (χ3n) is 3.43. The fraction of sp³-hybridized carbons (Fsp3) is 0.875. The maximum Gasteiger partial charge on any atom is 0.408 e. The van der Waals surface area contributed by atoms with Gasteiger partial charge in [0.1, 0.15) is 11.6 Å². The molecule has 128 valence electrons. The molecule has 0 aromatic heterocycles. The number of amides is 2. The molecule has 22 heavy (non-hydrogen) atoms. The van der Waals surface area contributed by atoms with Crippen molar-refractivity contribution in [1.29, 1.82) is 0 Å². The van der Waals surface area contributed by atoms with Gasteiger partial charge in [-0.3, -0.25) is 4.79 Å². The van der Waals surface area contributed by atoms with E-state index in [-0.39, 0.29) is 5.91 Å². The summed E-state index contributed by atoms with van der Waals surface area (Å²) in [6, 6.07) is -0.518. The summed E-state index contributed by atoms with van der Waals surface area (Å²) in [5.41, 5.74) is -0.562. The van der Waals surface area contributed by atoms with E-state index in [0.29, 0.717) is 13.0 Å². The Morgan fingerprint density at radius 1 is 1.09 bits per heavy atom. The predicted molar refractivity (Wildman–Crippen MR) is 86.7 cm³/mol. The zero-order valence-electron chi connectivity index (χ0n) is 14.2. The molecular formula is C16H31N3O3. The third-order valence-corrected chi connectivity index (χ3v) is 3.43. The van der Waals surface area contributed by atoms with Crippen LogP contribution in [0.5, 0.6) is 0 Å². The van der Waals surface area contributed by atoms with Gasteiger partial charge in [0.2, 0.25) is 5.91 Å². The van der Waals surface area contributed by atoms with Crippen molar-refractivity contribution >= 4 is 12.0 Å². The van der Waals surface area contributed by atoms with Crippen LogP contribution in [0.2, 0.25) is 0 Å². The van der Waals surface area contributed by atoms with Crippen LogP contribution in [0, 0.1) is 0 Å². The molecule has 3 N–H and O–H groups in total. The molecule has 0 bridgehead atoms. The Balaban J connectivity index is 2.53. The van der Waals surface area contributed by atoms with E-state index >= 15 is 0 Å². The first-order valence-electron chi connectivity index (χ1n) is 8.36. The first-order chi connectivity index (χ1) is 10.4. The SMILES string of the molecule is CC(C)(C)OC(=O)N[C@H]1CCCCNCCCCCNC1=O. The van der Waals surface area contributed by atoms with Crippen molar-refractivity contribution in [3.05, 3.63) is 0 Å². The van der Waals surface area contributed by atoms with E-state index in [1.54, 1.807) is 0 Å². The molecule has 1 heterocycles. The number of carbonyl (C=O) groups is 2. The van der Waals surface area contributed by atoms with Crippen LogP contribution in [0.25, 0.3) is 0 Å². The Hall–Kier alpha value is -1.30. The molecule has 1 rings (SSSR count). The van der Waals surface area contributed by atoms with Crippen molar-refractivity contribution in [3.63, 3.8) is 0 Å². The average Bonchev–Trinajstić information content (AvgIpc) is 2.41. The summed E-state index contributed by atoms with van der Waals surface area (Å²) in [4.78, 5) is 24.1. The van der Waals surface area contributed by atoms with E-state index in [2.05, 4.69) is 16.0 Å². The zero-order valence-corrected chi connectivity index (χ0v) is 14.2. The number of nitrogens with one attached hydrogen (secondary N) is 3.